The number of carbonyl (C=O) groups excluding carboxylic acids is 1. The van der Waals surface area contributed by atoms with E-state index in [1.54, 1.807) is 31.3 Å². The number of halogens is 1. The second kappa shape index (κ2) is 5.62. The van der Waals surface area contributed by atoms with Crippen molar-refractivity contribution in [2.45, 2.75) is 0 Å². The fraction of sp³-hybridized carbons (Fsp3) is 0.167. The predicted molar refractivity (Wildman–Crippen MR) is 73.2 cm³/mol. The van der Waals surface area contributed by atoms with Crippen molar-refractivity contribution in [3.63, 3.8) is 0 Å². The summed E-state index contributed by atoms with van der Waals surface area (Å²) in [6.45, 7) is -0.119. The maximum atomic E-state index is 11.7. The first-order chi connectivity index (χ1) is 9.06. The lowest BCUT2D eigenvalue weighted by Crippen LogP contribution is -2.22. The van der Waals surface area contributed by atoms with Crippen LogP contribution in [0.1, 0.15) is 0 Å². The van der Waals surface area contributed by atoms with Crippen LogP contribution in [0, 0.1) is 0 Å². The first kappa shape index (κ1) is 13.2. The molecule has 0 spiro atoms. The number of nitrogens with one attached hydrogen (secondary N) is 1. The molecule has 6 nitrogen and oxygen atoms in total. The molecule has 7 heteroatoms. The third-order valence-electron chi connectivity index (χ3n) is 2.41. The monoisotopic (exact) mass is 280 g/mol. The average molecular weight is 281 g/mol. The Labute approximate surface area is 115 Å². The van der Waals surface area contributed by atoms with Crippen LogP contribution in [0.3, 0.4) is 0 Å². The van der Waals surface area contributed by atoms with E-state index in [9.17, 15) is 4.79 Å². The number of aryl methyl sites for hydroxylation is 1. The highest BCUT2D eigenvalue weighted by Gasteiger charge is 2.10. The van der Waals surface area contributed by atoms with Gasteiger partial charge in [-0.3, -0.25) is 9.48 Å². The van der Waals surface area contributed by atoms with Crippen LogP contribution in [0.2, 0.25) is 5.02 Å². The smallest absolute Gasteiger partial charge is 0.263 e. The van der Waals surface area contributed by atoms with Gasteiger partial charge < -0.3 is 15.8 Å². The number of nitrogens with zero attached hydrogens (tertiary/aromatic N) is 2. The summed E-state index contributed by atoms with van der Waals surface area (Å²) in [6, 6.07) is 6.75. The van der Waals surface area contributed by atoms with Crippen molar-refractivity contribution in [1.29, 1.82) is 0 Å². The molecule has 0 unspecified atom stereocenters. The maximum absolute atomic E-state index is 11.7. The number of benzene rings is 1. The zero-order chi connectivity index (χ0) is 13.8. The summed E-state index contributed by atoms with van der Waals surface area (Å²) in [4.78, 5) is 11.7. The molecule has 3 N–H and O–H groups in total. The number of nitrogen functional groups attached to an aromatic ring is 1. The average Bonchev–Trinajstić information content (AvgIpc) is 2.70. The Morgan fingerprint density at radius 2 is 2.16 bits per heavy atom. The Morgan fingerprint density at radius 3 is 2.74 bits per heavy atom. The number of anilines is 2. The second-order valence-corrected chi connectivity index (χ2v) is 4.30. The van der Waals surface area contributed by atoms with Gasteiger partial charge in [0.05, 0.1) is 11.9 Å². The van der Waals surface area contributed by atoms with Gasteiger partial charge in [-0.05, 0) is 24.3 Å². The quantitative estimate of drug-likeness (QED) is 0.892. The van der Waals surface area contributed by atoms with Crippen molar-refractivity contribution in [2.24, 2.45) is 7.05 Å². The van der Waals surface area contributed by atoms with Gasteiger partial charge in [0.1, 0.15) is 5.75 Å². The Kier molecular flexibility index (Phi) is 3.91. The minimum absolute atomic E-state index is 0.119. The molecule has 0 atom stereocenters. The van der Waals surface area contributed by atoms with Crippen LogP contribution in [0.5, 0.6) is 5.75 Å². The molecule has 1 aromatic carbocycles. The summed E-state index contributed by atoms with van der Waals surface area (Å²) in [7, 11) is 1.69. The Morgan fingerprint density at radius 1 is 1.47 bits per heavy atom. The van der Waals surface area contributed by atoms with Crippen molar-refractivity contribution >= 4 is 29.0 Å². The topological polar surface area (TPSA) is 82.2 Å². The lowest BCUT2D eigenvalue weighted by Gasteiger charge is -2.08. The van der Waals surface area contributed by atoms with Crippen molar-refractivity contribution in [3.8, 4) is 5.75 Å². The molecule has 0 fully saturated rings. The predicted octanol–water partition coefficient (Wildman–Crippen LogP) is 1.67. The molecule has 0 radical (unpaired) electrons. The Hall–Kier alpha value is -2.21. The van der Waals surface area contributed by atoms with Gasteiger partial charge in [-0.2, -0.15) is 5.10 Å². The molecular formula is C12H13ClN4O2. The molecule has 1 amide bonds. The third-order valence-corrected chi connectivity index (χ3v) is 2.66. The van der Waals surface area contributed by atoms with Gasteiger partial charge in [0.25, 0.3) is 5.91 Å². The minimum Gasteiger partial charge on any atom is -0.484 e. The fourth-order valence-corrected chi connectivity index (χ4v) is 1.58. The van der Waals surface area contributed by atoms with E-state index in [0.717, 1.165) is 0 Å². The molecular weight excluding hydrogens is 268 g/mol. The standard InChI is InChI=1S/C12H13ClN4O2/c1-17-12(10(14)6-15-17)16-11(18)7-19-9-4-2-8(13)3-5-9/h2-6H,7,14H2,1H3,(H,16,18). The minimum atomic E-state index is -0.315. The highest BCUT2D eigenvalue weighted by molar-refractivity contribution is 6.30. The summed E-state index contributed by atoms with van der Waals surface area (Å²) in [6.07, 6.45) is 1.47. The summed E-state index contributed by atoms with van der Waals surface area (Å²) in [5, 5.41) is 7.15. The molecule has 100 valence electrons. The van der Waals surface area contributed by atoms with E-state index in [1.165, 1.54) is 10.9 Å². The van der Waals surface area contributed by atoms with E-state index in [2.05, 4.69) is 10.4 Å². The lowest BCUT2D eigenvalue weighted by molar-refractivity contribution is -0.118. The van der Waals surface area contributed by atoms with E-state index in [1.807, 2.05) is 0 Å². The van der Waals surface area contributed by atoms with Gasteiger partial charge in [0.2, 0.25) is 0 Å². The number of hydrogen-bond donors (Lipinski definition) is 2. The number of nitrogens with two attached hydrogens (primary N) is 1. The van der Waals surface area contributed by atoms with E-state index < -0.39 is 0 Å². The van der Waals surface area contributed by atoms with Gasteiger partial charge in [0.15, 0.2) is 12.4 Å². The maximum Gasteiger partial charge on any atom is 0.263 e. The highest BCUT2D eigenvalue weighted by atomic mass is 35.5. The molecule has 0 aliphatic heterocycles. The second-order valence-electron chi connectivity index (χ2n) is 3.86. The summed E-state index contributed by atoms with van der Waals surface area (Å²) >= 11 is 5.75. The molecule has 0 aliphatic carbocycles. The molecule has 0 bridgehead atoms. The van der Waals surface area contributed by atoms with Crippen LogP contribution in [-0.2, 0) is 11.8 Å². The number of rotatable bonds is 4. The van der Waals surface area contributed by atoms with E-state index >= 15 is 0 Å². The number of amides is 1. The van der Waals surface area contributed by atoms with Crippen molar-refractivity contribution in [3.05, 3.63) is 35.5 Å². The summed E-state index contributed by atoms with van der Waals surface area (Å²) in [5.74, 6) is 0.701. The van der Waals surface area contributed by atoms with Gasteiger partial charge in [-0.1, -0.05) is 11.6 Å². The Balaban J connectivity index is 1.90. The summed E-state index contributed by atoms with van der Waals surface area (Å²) in [5.41, 5.74) is 6.07. The molecule has 1 heterocycles. The van der Waals surface area contributed by atoms with Crippen LogP contribution in [-0.4, -0.2) is 22.3 Å². The third kappa shape index (κ3) is 3.38. The number of ether oxygens (including phenoxy) is 1. The first-order valence-corrected chi connectivity index (χ1v) is 5.90. The van der Waals surface area contributed by atoms with Gasteiger partial charge in [-0.25, -0.2) is 0 Å². The zero-order valence-corrected chi connectivity index (χ0v) is 11.0. The zero-order valence-electron chi connectivity index (χ0n) is 10.3. The van der Waals surface area contributed by atoms with Crippen molar-refractivity contribution in [2.75, 3.05) is 17.7 Å². The van der Waals surface area contributed by atoms with Gasteiger partial charge in [-0.15, -0.1) is 0 Å². The molecule has 19 heavy (non-hydrogen) atoms. The van der Waals surface area contributed by atoms with Crippen molar-refractivity contribution in [1.82, 2.24) is 9.78 Å². The lowest BCUT2D eigenvalue weighted by atomic mass is 10.3. The molecule has 0 saturated heterocycles. The molecule has 0 saturated carbocycles. The van der Waals surface area contributed by atoms with E-state index in [0.29, 0.717) is 22.3 Å². The Bertz CT molecular complexity index is 560. The van der Waals surface area contributed by atoms with Crippen molar-refractivity contribution < 1.29 is 9.53 Å². The van der Waals surface area contributed by atoms with Gasteiger partial charge in [0, 0.05) is 12.1 Å². The normalized spacial score (nSPS) is 10.2. The van der Waals surface area contributed by atoms with Crippen LogP contribution in [0.4, 0.5) is 11.5 Å². The molecule has 2 rings (SSSR count). The van der Waals surface area contributed by atoms with Crippen LogP contribution >= 0.6 is 11.6 Å². The van der Waals surface area contributed by atoms with Crippen LogP contribution in [0.15, 0.2) is 30.5 Å². The van der Waals surface area contributed by atoms with E-state index in [-0.39, 0.29) is 12.5 Å². The van der Waals surface area contributed by atoms with Crippen LogP contribution in [0.25, 0.3) is 0 Å². The molecule has 1 aromatic heterocycles. The SMILES string of the molecule is Cn1ncc(N)c1NC(=O)COc1ccc(Cl)cc1. The number of hydrogen-bond acceptors (Lipinski definition) is 4. The van der Waals surface area contributed by atoms with E-state index in [4.69, 9.17) is 22.1 Å². The van der Waals surface area contributed by atoms with Crippen LogP contribution < -0.4 is 15.8 Å². The fourth-order valence-electron chi connectivity index (χ4n) is 1.46. The molecule has 2 aromatic rings. The summed E-state index contributed by atoms with van der Waals surface area (Å²) < 4.78 is 6.79. The number of aromatic nitrogens is 2. The number of carbonyl (C=O) groups is 1. The molecule has 0 aliphatic rings. The van der Waals surface area contributed by atoms with Gasteiger partial charge >= 0.3 is 0 Å². The first-order valence-electron chi connectivity index (χ1n) is 5.52. The largest absolute Gasteiger partial charge is 0.484 e. The highest BCUT2D eigenvalue weighted by Crippen LogP contribution is 2.17.